The van der Waals surface area contributed by atoms with Crippen LogP contribution in [0.3, 0.4) is 0 Å². The lowest BCUT2D eigenvalue weighted by molar-refractivity contribution is -0.141. The summed E-state index contributed by atoms with van der Waals surface area (Å²) >= 11 is 0. The molecule has 0 bridgehead atoms. The Morgan fingerprint density at radius 2 is 1.95 bits per heavy atom. The Labute approximate surface area is 122 Å². The summed E-state index contributed by atoms with van der Waals surface area (Å²) in [6, 6.07) is 0. The van der Waals surface area contributed by atoms with Crippen molar-refractivity contribution in [2.24, 2.45) is 5.92 Å². The van der Waals surface area contributed by atoms with Crippen molar-refractivity contribution in [1.82, 2.24) is 10.2 Å². The molecule has 1 N–H and O–H groups in total. The van der Waals surface area contributed by atoms with E-state index in [1.54, 1.807) is 0 Å². The molecule has 1 amide bonds. The normalized spacial score (nSPS) is 22.1. The van der Waals surface area contributed by atoms with Crippen molar-refractivity contribution in [3.8, 4) is 0 Å². The Morgan fingerprint density at radius 3 is 2.60 bits per heavy atom. The van der Waals surface area contributed by atoms with Crippen molar-refractivity contribution >= 4 is 5.91 Å². The van der Waals surface area contributed by atoms with Crippen LogP contribution in [0.1, 0.15) is 32.1 Å². The molecule has 0 aromatic heterocycles. The van der Waals surface area contributed by atoms with E-state index in [2.05, 4.69) is 5.32 Å². The highest BCUT2D eigenvalue weighted by molar-refractivity contribution is 5.77. The molecule has 2 rings (SSSR count). The summed E-state index contributed by atoms with van der Waals surface area (Å²) in [6.45, 7) is 4.62. The summed E-state index contributed by atoms with van der Waals surface area (Å²) in [5.74, 6) is 0.923. The first kappa shape index (κ1) is 15.7. The smallest absolute Gasteiger partial charge is 0.248 e. The highest BCUT2D eigenvalue weighted by Crippen LogP contribution is 2.20. The van der Waals surface area contributed by atoms with E-state index < -0.39 is 0 Å². The number of amides is 1. The molecule has 116 valence electrons. The standard InChI is InChI=1S/C15H28N2O3/c1-16-7-2-13-3-8-17(9-4-13)15(18)12-20-14-5-10-19-11-6-14/h13-14,16H,2-12H2,1H3. The third kappa shape index (κ3) is 5.04. The van der Waals surface area contributed by atoms with Crippen LogP contribution >= 0.6 is 0 Å². The fourth-order valence-electron chi connectivity index (χ4n) is 2.94. The van der Waals surface area contributed by atoms with E-state index in [4.69, 9.17) is 9.47 Å². The zero-order chi connectivity index (χ0) is 14.2. The molecule has 20 heavy (non-hydrogen) atoms. The highest BCUT2D eigenvalue weighted by Gasteiger charge is 2.23. The fraction of sp³-hybridized carbons (Fsp3) is 0.933. The maximum absolute atomic E-state index is 12.1. The Hall–Kier alpha value is -0.650. The van der Waals surface area contributed by atoms with Gasteiger partial charge in [-0.3, -0.25) is 4.79 Å². The summed E-state index contributed by atoms with van der Waals surface area (Å²) < 4.78 is 11.0. The average Bonchev–Trinajstić information content (AvgIpc) is 2.52. The van der Waals surface area contributed by atoms with Crippen molar-refractivity contribution < 1.29 is 14.3 Å². The van der Waals surface area contributed by atoms with Gasteiger partial charge in [0.2, 0.25) is 5.91 Å². The lowest BCUT2D eigenvalue weighted by Gasteiger charge is -2.32. The lowest BCUT2D eigenvalue weighted by atomic mass is 9.93. The van der Waals surface area contributed by atoms with Crippen LogP contribution in [0.25, 0.3) is 0 Å². The number of likely N-dealkylation sites (tertiary alicyclic amines) is 1. The molecule has 0 radical (unpaired) electrons. The molecule has 2 heterocycles. The SMILES string of the molecule is CNCCC1CCN(C(=O)COC2CCOCC2)CC1. The summed E-state index contributed by atoms with van der Waals surface area (Å²) in [6.07, 6.45) is 5.52. The summed E-state index contributed by atoms with van der Waals surface area (Å²) in [4.78, 5) is 14.1. The van der Waals surface area contributed by atoms with Crippen LogP contribution in [0.5, 0.6) is 0 Å². The molecule has 0 aromatic carbocycles. The maximum Gasteiger partial charge on any atom is 0.248 e. The molecule has 0 saturated carbocycles. The molecule has 2 saturated heterocycles. The number of ether oxygens (including phenoxy) is 2. The molecule has 2 aliphatic heterocycles. The molecular formula is C15H28N2O3. The maximum atomic E-state index is 12.1. The van der Waals surface area contributed by atoms with Gasteiger partial charge in [0.05, 0.1) is 6.10 Å². The summed E-state index contributed by atoms with van der Waals surface area (Å²) in [5.41, 5.74) is 0. The van der Waals surface area contributed by atoms with Crippen LogP contribution in [0, 0.1) is 5.92 Å². The molecule has 0 unspecified atom stereocenters. The average molecular weight is 284 g/mol. The Morgan fingerprint density at radius 1 is 1.25 bits per heavy atom. The van der Waals surface area contributed by atoms with Gasteiger partial charge in [-0.05, 0) is 51.6 Å². The van der Waals surface area contributed by atoms with Crippen molar-refractivity contribution in [1.29, 1.82) is 0 Å². The van der Waals surface area contributed by atoms with Gasteiger partial charge in [-0.25, -0.2) is 0 Å². The Balaban J connectivity index is 1.61. The van der Waals surface area contributed by atoms with Crippen LogP contribution in [0.15, 0.2) is 0 Å². The number of nitrogens with one attached hydrogen (secondary N) is 1. The topological polar surface area (TPSA) is 50.8 Å². The van der Waals surface area contributed by atoms with Crippen LogP contribution in [-0.2, 0) is 14.3 Å². The Kier molecular flexibility index (Phi) is 6.76. The van der Waals surface area contributed by atoms with Crippen molar-refractivity contribution in [3.63, 3.8) is 0 Å². The first-order valence-corrected chi connectivity index (χ1v) is 7.91. The minimum absolute atomic E-state index is 0.156. The van der Waals surface area contributed by atoms with Gasteiger partial charge in [0.25, 0.3) is 0 Å². The second-order valence-corrected chi connectivity index (χ2v) is 5.84. The molecule has 5 heteroatoms. The predicted octanol–water partition coefficient (Wildman–Crippen LogP) is 1.03. The van der Waals surface area contributed by atoms with E-state index in [0.717, 1.165) is 64.4 Å². The number of hydrogen-bond donors (Lipinski definition) is 1. The zero-order valence-electron chi connectivity index (χ0n) is 12.6. The van der Waals surface area contributed by atoms with Gasteiger partial charge in [0.1, 0.15) is 6.61 Å². The third-order valence-electron chi connectivity index (χ3n) is 4.38. The monoisotopic (exact) mass is 284 g/mol. The quantitative estimate of drug-likeness (QED) is 0.791. The van der Waals surface area contributed by atoms with Gasteiger partial charge in [-0.1, -0.05) is 0 Å². The van der Waals surface area contributed by atoms with Gasteiger partial charge >= 0.3 is 0 Å². The van der Waals surface area contributed by atoms with Crippen molar-refractivity contribution in [2.45, 2.75) is 38.2 Å². The molecule has 5 nitrogen and oxygen atoms in total. The van der Waals surface area contributed by atoms with Gasteiger partial charge in [0, 0.05) is 26.3 Å². The van der Waals surface area contributed by atoms with E-state index in [9.17, 15) is 4.79 Å². The van der Waals surface area contributed by atoms with Crippen LogP contribution in [0.2, 0.25) is 0 Å². The minimum Gasteiger partial charge on any atom is -0.381 e. The largest absolute Gasteiger partial charge is 0.381 e. The predicted molar refractivity (Wildman–Crippen MR) is 77.6 cm³/mol. The summed E-state index contributed by atoms with van der Waals surface area (Å²) in [7, 11) is 1.99. The number of nitrogens with zero attached hydrogens (tertiary/aromatic N) is 1. The van der Waals surface area contributed by atoms with Crippen molar-refractivity contribution in [2.75, 3.05) is 46.5 Å². The number of carbonyl (C=O) groups is 1. The van der Waals surface area contributed by atoms with E-state index in [0.29, 0.717) is 0 Å². The minimum atomic E-state index is 0.156. The molecule has 0 spiro atoms. The zero-order valence-corrected chi connectivity index (χ0v) is 12.6. The van der Waals surface area contributed by atoms with Crippen LogP contribution in [-0.4, -0.2) is 63.4 Å². The van der Waals surface area contributed by atoms with E-state index >= 15 is 0 Å². The van der Waals surface area contributed by atoms with E-state index in [1.165, 1.54) is 6.42 Å². The van der Waals surface area contributed by atoms with E-state index in [1.807, 2.05) is 11.9 Å². The molecule has 0 atom stereocenters. The summed E-state index contributed by atoms with van der Waals surface area (Å²) in [5, 5.41) is 3.19. The van der Waals surface area contributed by atoms with Gasteiger partial charge in [-0.2, -0.15) is 0 Å². The molecule has 2 fully saturated rings. The fourth-order valence-corrected chi connectivity index (χ4v) is 2.94. The molecular weight excluding hydrogens is 256 g/mol. The number of rotatable bonds is 6. The molecule has 0 aromatic rings. The first-order valence-electron chi connectivity index (χ1n) is 7.91. The Bertz CT molecular complexity index is 285. The van der Waals surface area contributed by atoms with Gasteiger partial charge < -0.3 is 19.7 Å². The number of piperidine rings is 1. The van der Waals surface area contributed by atoms with Crippen molar-refractivity contribution in [3.05, 3.63) is 0 Å². The molecule has 0 aliphatic carbocycles. The van der Waals surface area contributed by atoms with Gasteiger partial charge in [-0.15, -0.1) is 0 Å². The van der Waals surface area contributed by atoms with Gasteiger partial charge in [0.15, 0.2) is 0 Å². The molecule has 2 aliphatic rings. The highest BCUT2D eigenvalue weighted by atomic mass is 16.5. The second-order valence-electron chi connectivity index (χ2n) is 5.84. The van der Waals surface area contributed by atoms with E-state index in [-0.39, 0.29) is 18.6 Å². The first-order chi connectivity index (χ1) is 9.79. The number of carbonyl (C=O) groups excluding carboxylic acids is 1. The van der Waals surface area contributed by atoms with Crippen LogP contribution in [0.4, 0.5) is 0 Å². The van der Waals surface area contributed by atoms with Crippen LogP contribution < -0.4 is 5.32 Å². The number of hydrogen-bond acceptors (Lipinski definition) is 4. The lowest BCUT2D eigenvalue weighted by Crippen LogP contribution is -2.41. The second kappa shape index (κ2) is 8.60. The third-order valence-corrected chi connectivity index (χ3v) is 4.38.